The van der Waals surface area contributed by atoms with Crippen LogP contribution in [0, 0.1) is 0 Å². The molecule has 3 heterocycles. The van der Waals surface area contributed by atoms with E-state index < -0.39 is 10.0 Å². The quantitative estimate of drug-likeness (QED) is 0.473. The summed E-state index contributed by atoms with van der Waals surface area (Å²) in [5, 5.41) is 3.98. The number of piperazine rings is 1. The van der Waals surface area contributed by atoms with Crippen LogP contribution in [0.4, 0.5) is 0 Å². The maximum atomic E-state index is 12.3. The molecule has 160 valence electrons. The van der Waals surface area contributed by atoms with Gasteiger partial charge < -0.3 is 15.0 Å². The molecule has 1 fully saturated rings. The zero-order valence-electron chi connectivity index (χ0n) is 15.5. The van der Waals surface area contributed by atoms with Gasteiger partial charge >= 0.3 is 5.69 Å². The fraction of sp³-hybridized carbons (Fsp3) is 0.412. The predicted octanol–water partition coefficient (Wildman–Crippen LogP) is 1.25. The third-order valence-electron chi connectivity index (χ3n) is 4.55. The second-order valence-electron chi connectivity index (χ2n) is 6.49. The number of rotatable bonds is 6. The molecule has 0 aliphatic carbocycles. The molecule has 0 unspecified atom stereocenters. The molecule has 0 saturated carbocycles. The standard InChI is InChI=1S/C17H21N5O4S.2ClH/c23-17-20-15-11-12-10-13(2-3-14(12)19-16(15)21-17)26-8-1-9-27(24,25)22-6-4-18-5-7-22;;/h2-3,10-11,18H,1,4-9H2,(H2,19,20,21,23);2*1H. The van der Waals surface area contributed by atoms with E-state index in [4.69, 9.17) is 4.74 Å². The summed E-state index contributed by atoms with van der Waals surface area (Å²) in [4.78, 5) is 21.1. The van der Waals surface area contributed by atoms with Gasteiger partial charge in [0.15, 0.2) is 5.65 Å². The van der Waals surface area contributed by atoms with E-state index in [-0.39, 0.29) is 36.3 Å². The smallest absolute Gasteiger partial charge is 0.325 e. The van der Waals surface area contributed by atoms with Crippen molar-refractivity contribution in [2.45, 2.75) is 6.42 Å². The number of halogens is 2. The summed E-state index contributed by atoms with van der Waals surface area (Å²) in [5.74, 6) is 0.717. The minimum Gasteiger partial charge on any atom is -0.494 e. The molecule has 1 aromatic carbocycles. The summed E-state index contributed by atoms with van der Waals surface area (Å²) in [6.45, 7) is 2.75. The minimum atomic E-state index is -3.23. The molecule has 0 atom stereocenters. The highest BCUT2D eigenvalue weighted by molar-refractivity contribution is 7.89. The van der Waals surface area contributed by atoms with Crippen molar-refractivity contribution >= 4 is 56.9 Å². The van der Waals surface area contributed by atoms with Gasteiger partial charge in [-0.15, -0.1) is 24.8 Å². The van der Waals surface area contributed by atoms with Gasteiger partial charge in [-0.05, 0) is 30.7 Å². The number of imidazole rings is 1. The van der Waals surface area contributed by atoms with E-state index in [0.717, 1.165) is 10.9 Å². The third kappa shape index (κ3) is 5.40. The van der Waals surface area contributed by atoms with Crippen LogP contribution >= 0.6 is 24.8 Å². The van der Waals surface area contributed by atoms with Crippen LogP contribution < -0.4 is 15.7 Å². The lowest BCUT2D eigenvalue weighted by atomic mass is 10.2. The molecule has 0 radical (unpaired) electrons. The van der Waals surface area contributed by atoms with Gasteiger partial charge in [0.1, 0.15) is 5.75 Å². The minimum absolute atomic E-state index is 0. The third-order valence-corrected chi connectivity index (χ3v) is 6.51. The van der Waals surface area contributed by atoms with Crippen LogP contribution in [0.5, 0.6) is 5.75 Å². The Labute approximate surface area is 180 Å². The summed E-state index contributed by atoms with van der Waals surface area (Å²) in [7, 11) is -3.23. The van der Waals surface area contributed by atoms with Crippen molar-refractivity contribution in [3.8, 4) is 5.75 Å². The van der Waals surface area contributed by atoms with Gasteiger partial charge in [0.05, 0.1) is 23.4 Å². The van der Waals surface area contributed by atoms with Crippen molar-refractivity contribution in [2.24, 2.45) is 0 Å². The molecule has 1 aliphatic rings. The Morgan fingerprint density at radius 3 is 2.62 bits per heavy atom. The van der Waals surface area contributed by atoms with Crippen molar-refractivity contribution < 1.29 is 13.2 Å². The molecule has 2 aromatic heterocycles. The molecule has 9 nitrogen and oxygen atoms in total. The van der Waals surface area contributed by atoms with Gasteiger partial charge in [-0.3, -0.25) is 4.98 Å². The lowest BCUT2D eigenvalue weighted by Gasteiger charge is -2.26. The molecule has 3 aromatic rings. The van der Waals surface area contributed by atoms with Crippen LogP contribution in [0.15, 0.2) is 29.1 Å². The number of benzene rings is 1. The van der Waals surface area contributed by atoms with Gasteiger partial charge in [-0.1, -0.05) is 0 Å². The van der Waals surface area contributed by atoms with Gasteiger partial charge in [-0.25, -0.2) is 18.2 Å². The number of H-pyrrole nitrogens is 2. The van der Waals surface area contributed by atoms with E-state index in [0.29, 0.717) is 56.1 Å². The van der Waals surface area contributed by atoms with E-state index in [9.17, 15) is 13.2 Å². The number of nitrogens with one attached hydrogen (secondary N) is 3. The highest BCUT2D eigenvalue weighted by Crippen LogP contribution is 2.22. The number of hydrogen-bond acceptors (Lipinski definition) is 6. The molecule has 1 aliphatic heterocycles. The zero-order chi connectivity index (χ0) is 18.9. The van der Waals surface area contributed by atoms with Crippen LogP contribution in [0.1, 0.15) is 6.42 Å². The number of fused-ring (bicyclic) bond motifs is 2. The van der Waals surface area contributed by atoms with E-state index in [1.807, 2.05) is 18.2 Å². The van der Waals surface area contributed by atoms with Crippen LogP contribution in [0.2, 0.25) is 0 Å². The highest BCUT2D eigenvalue weighted by atomic mass is 35.5. The molecule has 1 saturated heterocycles. The Morgan fingerprint density at radius 2 is 1.86 bits per heavy atom. The molecule has 29 heavy (non-hydrogen) atoms. The second-order valence-corrected chi connectivity index (χ2v) is 8.57. The van der Waals surface area contributed by atoms with Crippen molar-refractivity contribution in [3.05, 3.63) is 34.7 Å². The Bertz CT molecular complexity index is 1130. The maximum absolute atomic E-state index is 12.3. The molecule has 0 bridgehead atoms. The molecular formula is C17H23Cl2N5O4S. The first kappa shape index (κ1) is 23.4. The number of nitrogens with zero attached hydrogens (tertiary/aromatic N) is 2. The summed E-state index contributed by atoms with van der Waals surface area (Å²) in [5.41, 5.74) is 1.59. The van der Waals surface area contributed by atoms with Crippen molar-refractivity contribution in [1.29, 1.82) is 0 Å². The van der Waals surface area contributed by atoms with Crippen molar-refractivity contribution in [2.75, 3.05) is 38.5 Å². The summed E-state index contributed by atoms with van der Waals surface area (Å²) < 4.78 is 31.8. The van der Waals surface area contributed by atoms with E-state index in [1.54, 1.807) is 6.07 Å². The average Bonchev–Trinajstić information content (AvgIpc) is 3.02. The van der Waals surface area contributed by atoms with E-state index >= 15 is 0 Å². The number of aromatic nitrogens is 3. The lowest BCUT2D eigenvalue weighted by Crippen LogP contribution is -2.47. The first-order valence-electron chi connectivity index (χ1n) is 8.85. The lowest BCUT2D eigenvalue weighted by molar-refractivity contribution is 0.314. The zero-order valence-corrected chi connectivity index (χ0v) is 18.0. The first-order valence-corrected chi connectivity index (χ1v) is 10.5. The summed E-state index contributed by atoms with van der Waals surface area (Å²) >= 11 is 0. The number of aromatic amines is 2. The van der Waals surface area contributed by atoms with Gasteiger partial charge in [0.25, 0.3) is 0 Å². The van der Waals surface area contributed by atoms with Crippen molar-refractivity contribution in [1.82, 2.24) is 24.6 Å². The fourth-order valence-corrected chi connectivity index (χ4v) is 4.66. The summed E-state index contributed by atoms with van der Waals surface area (Å²) in [6, 6.07) is 7.26. The Kier molecular flexibility index (Phi) is 7.89. The largest absolute Gasteiger partial charge is 0.494 e. The Morgan fingerprint density at radius 1 is 1.10 bits per heavy atom. The van der Waals surface area contributed by atoms with Crippen LogP contribution in [-0.4, -0.2) is 66.2 Å². The molecule has 0 amide bonds. The summed E-state index contributed by atoms with van der Waals surface area (Å²) in [6.07, 6.45) is 0.423. The first-order chi connectivity index (χ1) is 13.0. The van der Waals surface area contributed by atoms with Gasteiger partial charge in [0, 0.05) is 31.6 Å². The molecular weight excluding hydrogens is 441 g/mol. The van der Waals surface area contributed by atoms with Gasteiger partial charge in [0.2, 0.25) is 10.0 Å². The average molecular weight is 464 g/mol. The SMILES string of the molecule is Cl.Cl.O=c1[nH]c2cc3cc(OCCCS(=O)(=O)N4CCNCC4)ccc3nc2[nH]1. The number of pyridine rings is 1. The topological polar surface area (TPSA) is 120 Å². The monoisotopic (exact) mass is 463 g/mol. The molecule has 12 heteroatoms. The maximum Gasteiger partial charge on any atom is 0.325 e. The van der Waals surface area contributed by atoms with Crippen LogP contribution in [0.25, 0.3) is 22.1 Å². The van der Waals surface area contributed by atoms with Gasteiger partial charge in [-0.2, -0.15) is 4.31 Å². The Hall–Kier alpha value is -1.85. The van der Waals surface area contributed by atoms with Crippen LogP contribution in [-0.2, 0) is 10.0 Å². The Balaban J connectivity index is 0.00000150. The normalized spacial score (nSPS) is 15.0. The highest BCUT2D eigenvalue weighted by Gasteiger charge is 2.23. The molecule has 0 spiro atoms. The molecule has 4 rings (SSSR count). The predicted molar refractivity (Wildman–Crippen MR) is 117 cm³/mol. The van der Waals surface area contributed by atoms with E-state index in [1.165, 1.54) is 4.31 Å². The van der Waals surface area contributed by atoms with Crippen molar-refractivity contribution in [3.63, 3.8) is 0 Å². The van der Waals surface area contributed by atoms with E-state index in [2.05, 4.69) is 20.3 Å². The van der Waals surface area contributed by atoms with Crippen LogP contribution in [0.3, 0.4) is 0 Å². The second kappa shape index (κ2) is 9.77. The fourth-order valence-electron chi connectivity index (χ4n) is 3.18. The number of hydrogen-bond donors (Lipinski definition) is 3. The number of sulfonamides is 1. The molecule has 3 N–H and O–H groups in total. The number of ether oxygens (including phenoxy) is 1.